The molecule has 2 heterocycles. The maximum Gasteiger partial charge on any atom is 0.309 e. The summed E-state index contributed by atoms with van der Waals surface area (Å²) in [6.07, 6.45) is 3.93. The normalized spacial score (nSPS) is 15.9. The number of nitrogens with two attached hydrogens (primary N) is 1. The van der Waals surface area contributed by atoms with E-state index in [1.165, 1.54) is 19.0 Å². The minimum absolute atomic E-state index is 0.320. The average molecular weight is 193 g/mol. The van der Waals surface area contributed by atoms with E-state index in [1.54, 1.807) is 6.07 Å². The van der Waals surface area contributed by atoms with Crippen molar-refractivity contribution in [2.45, 2.75) is 12.8 Å². The van der Waals surface area contributed by atoms with E-state index in [4.69, 9.17) is 5.84 Å². The monoisotopic (exact) mass is 193 g/mol. The minimum Gasteiger partial charge on any atom is -0.357 e. The number of aromatic nitrogens is 1. The van der Waals surface area contributed by atoms with Gasteiger partial charge < -0.3 is 4.90 Å². The van der Waals surface area contributed by atoms with E-state index in [0.29, 0.717) is 10.6 Å². The van der Waals surface area contributed by atoms with E-state index in [1.807, 2.05) is 6.07 Å². The zero-order chi connectivity index (χ0) is 9.97. The predicted molar refractivity (Wildman–Crippen MR) is 53.2 cm³/mol. The van der Waals surface area contributed by atoms with Crippen molar-refractivity contribution in [1.82, 2.24) is 4.98 Å². The molecule has 0 unspecified atom stereocenters. The summed E-state index contributed by atoms with van der Waals surface area (Å²) in [5.41, 5.74) is 0.382. The van der Waals surface area contributed by atoms with Crippen LogP contribution in [-0.2, 0) is 0 Å². The Balaban J connectivity index is 2.16. The van der Waals surface area contributed by atoms with Gasteiger partial charge in [0.1, 0.15) is 12.0 Å². The largest absolute Gasteiger partial charge is 0.357 e. The Morgan fingerprint density at radius 2 is 2.07 bits per heavy atom. The van der Waals surface area contributed by atoms with Crippen LogP contribution in [0.5, 0.6) is 0 Å². The molecule has 74 valence electrons. The van der Waals surface area contributed by atoms with Crippen LogP contribution in [-0.4, -0.2) is 22.9 Å². The molecule has 5 nitrogen and oxygen atoms in total. The highest BCUT2D eigenvalue weighted by Gasteiger charge is 2.15. The Bertz CT molecular complexity index is 329. The average Bonchev–Trinajstić information content (AvgIpc) is 2.71. The van der Waals surface area contributed by atoms with E-state index >= 15 is 0 Å². The maximum atomic E-state index is 10.7. The van der Waals surface area contributed by atoms with E-state index in [0.717, 1.165) is 18.9 Å². The Morgan fingerprint density at radius 1 is 1.36 bits per heavy atom. The van der Waals surface area contributed by atoms with Crippen LogP contribution in [0.2, 0.25) is 0 Å². The number of pyridine rings is 1. The maximum absolute atomic E-state index is 10.7. The first-order chi connectivity index (χ1) is 6.77. The van der Waals surface area contributed by atoms with Crippen LogP contribution in [0, 0.1) is 4.91 Å². The second-order valence-electron chi connectivity index (χ2n) is 3.39. The fourth-order valence-electron chi connectivity index (χ4n) is 1.64. The van der Waals surface area contributed by atoms with Crippen molar-refractivity contribution in [3.05, 3.63) is 23.2 Å². The SMILES string of the molecule is N[N+](=O)c1ccc(N2CCCC2)nc1. The number of hydrazine groups is 1. The Kier molecular flexibility index (Phi) is 2.30. The summed E-state index contributed by atoms with van der Waals surface area (Å²) in [6, 6.07) is 3.52. The summed E-state index contributed by atoms with van der Waals surface area (Å²) in [4.78, 5) is 17.4. The van der Waals surface area contributed by atoms with E-state index < -0.39 is 0 Å². The molecule has 2 N–H and O–H groups in total. The summed E-state index contributed by atoms with van der Waals surface area (Å²) >= 11 is 0. The van der Waals surface area contributed by atoms with Gasteiger partial charge in [0.05, 0.1) is 4.91 Å². The van der Waals surface area contributed by atoms with Gasteiger partial charge in [0, 0.05) is 19.2 Å². The summed E-state index contributed by atoms with van der Waals surface area (Å²) in [5.74, 6) is 5.97. The minimum atomic E-state index is 0.320. The molecule has 2 rings (SSSR count). The Labute approximate surface area is 82.1 Å². The molecule has 1 fully saturated rings. The van der Waals surface area contributed by atoms with Gasteiger partial charge in [-0.3, -0.25) is 0 Å². The molecule has 1 aromatic rings. The Hall–Kier alpha value is -1.65. The second-order valence-corrected chi connectivity index (χ2v) is 3.39. The van der Waals surface area contributed by atoms with Gasteiger partial charge in [-0.05, 0) is 18.9 Å². The molecule has 0 saturated carbocycles. The number of nitrogens with zero attached hydrogens (tertiary/aromatic N) is 3. The van der Waals surface area contributed by atoms with Gasteiger partial charge in [0.25, 0.3) is 0 Å². The zero-order valence-corrected chi connectivity index (χ0v) is 7.89. The van der Waals surface area contributed by atoms with Crippen molar-refractivity contribution >= 4 is 11.5 Å². The molecule has 0 aromatic carbocycles. The fraction of sp³-hybridized carbons (Fsp3) is 0.444. The molecule has 0 aliphatic carbocycles. The molecular weight excluding hydrogens is 180 g/mol. The summed E-state index contributed by atoms with van der Waals surface area (Å²) < 4.78 is 0. The number of hydrogen-bond donors (Lipinski definition) is 1. The van der Waals surface area contributed by atoms with Crippen LogP contribution in [0.15, 0.2) is 18.3 Å². The predicted octanol–water partition coefficient (Wildman–Crippen LogP) is 0.966. The lowest BCUT2D eigenvalue weighted by molar-refractivity contribution is -0.475. The quantitative estimate of drug-likeness (QED) is 0.432. The fourth-order valence-corrected chi connectivity index (χ4v) is 1.64. The summed E-state index contributed by atoms with van der Waals surface area (Å²) in [5, 5.41) is 0. The molecular formula is C9H13N4O+. The molecule has 1 aliphatic heterocycles. The third-order valence-corrected chi connectivity index (χ3v) is 2.42. The molecule has 14 heavy (non-hydrogen) atoms. The summed E-state index contributed by atoms with van der Waals surface area (Å²) in [6.45, 7) is 2.10. The molecule has 0 bridgehead atoms. The van der Waals surface area contributed by atoms with Gasteiger partial charge in [0.2, 0.25) is 0 Å². The molecule has 5 heteroatoms. The lowest BCUT2D eigenvalue weighted by Crippen LogP contribution is -2.19. The van der Waals surface area contributed by atoms with Gasteiger partial charge >= 0.3 is 5.69 Å². The molecule has 1 aromatic heterocycles. The van der Waals surface area contributed by atoms with Gasteiger partial charge in [-0.1, -0.05) is 0 Å². The van der Waals surface area contributed by atoms with Crippen LogP contribution in [0.4, 0.5) is 11.5 Å². The van der Waals surface area contributed by atoms with Gasteiger partial charge in [-0.2, -0.15) is 5.84 Å². The first-order valence-corrected chi connectivity index (χ1v) is 4.70. The zero-order valence-electron chi connectivity index (χ0n) is 7.89. The van der Waals surface area contributed by atoms with Gasteiger partial charge in [0.15, 0.2) is 4.87 Å². The number of hydrogen-bond acceptors (Lipinski definition) is 3. The smallest absolute Gasteiger partial charge is 0.309 e. The lowest BCUT2D eigenvalue weighted by Gasteiger charge is -2.14. The number of anilines is 1. The second kappa shape index (κ2) is 3.61. The Morgan fingerprint density at radius 3 is 2.57 bits per heavy atom. The van der Waals surface area contributed by atoms with Crippen LogP contribution < -0.4 is 10.7 Å². The van der Waals surface area contributed by atoms with Crippen molar-refractivity contribution in [3.8, 4) is 0 Å². The topological polar surface area (TPSA) is 62.2 Å². The number of nitroso groups, excluding NO2 is 1. The highest BCUT2D eigenvalue weighted by atomic mass is 16.3. The molecule has 1 aliphatic rings. The molecule has 1 saturated heterocycles. The van der Waals surface area contributed by atoms with Crippen molar-refractivity contribution in [2.24, 2.45) is 5.84 Å². The van der Waals surface area contributed by atoms with Crippen molar-refractivity contribution < 1.29 is 4.87 Å². The van der Waals surface area contributed by atoms with Crippen molar-refractivity contribution in [2.75, 3.05) is 18.0 Å². The molecule has 0 radical (unpaired) electrons. The van der Waals surface area contributed by atoms with Crippen LogP contribution in [0.25, 0.3) is 0 Å². The first-order valence-electron chi connectivity index (χ1n) is 4.70. The molecule has 0 spiro atoms. The van der Waals surface area contributed by atoms with Gasteiger partial charge in [-0.15, -0.1) is 0 Å². The van der Waals surface area contributed by atoms with Crippen LogP contribution >= 0.6 is 0 Å². The van der Waals surface area contributed by atoms with E-state index in [2.05, 4.69) is 9.88 Å². The molecule has 0 atom stereocenters. The van der Waals surface area contributed by atoms with Crippen molar-refractivity contribution in [3.63, 3.8) is 0 Å². The first kappa shape index (κ1) is 8.93. The summed E-state index contributed by atoms with van der Waals surface area (Å²) in [7, 11) is 0. The van der Waals surface area contributed by atoms with E-state index in [-0.39, 0.29) is 0 Å². The third-order valence-electron chi connectivity index (χ3n) is 2.42. The number of rotatable bonds is 2. The lowest BCUT2D eigenvalue weighted by atomic mass is 10.4. The van der Waals surface area contributed by atoms with Gasteiger partial charge in [-0.25, -0.2) is 4.98 Å². The van der Waals surface area contributed by atoms with Crippen LogP contribution in [0.1, 0.15) is 12.8 Å². The highest BCUT2D eigenvalue weighted by Crippen LogP contribution is 2.19. The van der Waals surface area contributed by atoms with Crippen molar-refractivity contribution in [1.29, 1.82) is 0 Å². The standard InChI is InChI=1S/C9H13N4O/c10-13(14)8-3-4-9(11-7-8)12-5-1-2-6-12/h3-4,7H,1-2,5-6H2,(H2,10,14)/q+1. The third kappa shape index (κ3) is 1.66. The molecule has 0 amide bonds. The highest BCUT2D eigenvalue weighted by molar-refractivity contribution is 5.43. The van der Waals surface area contributed by atoms with Crippen LogP contribution in [0.3, 0.4) is 0 Å². The van der Waals surface area contributed by atoms with E-state index in [9.17, 15) is 4.91 Å².